The van der Waals surface area contributed by atoms with Gasteiger partial charge in [-0.3, -0.25) is 0 Å². The molecule has 0 aliphatic rings. The molecule has 1 aromatic carbocycles. The van der Waals surface area contributed by atoms with Gasteiger partial charge < -0.3 is 9.15 Å². The van der Waals surface area contributed by atoms with Crippen LogP contribution in [0.3, 0.4) is 0 Å². The van der Waals surface area contributed by atoms with Crippen LogP contribution in [0.5, 0.6) is 5.75 Å². The Kier molecular flexibility index (Phi) is 3.10. The second-order valence-electron chi connectivity index (χ2n) is 3.70. The molecule has 0 saturated carbocycles. The highest BCUT2D eigenvalue weighted by atomic mass is 16.5. The van der Waals surface area contributed by atoms with E-state index in [1.54, 1.807) is 18.2 Å². The zero-order valence-corrected chi connectivity index (χ0v) is 9.47. The summed E-state index contributed by atoms with van der Waals surface area (Å²) >= 11 is 0. The Morgan fingerprint density at radius 1 is 1.41 bits per heavy atom. The maximum Gasteiger partial charge on any atom is 0.379 e. The Morgan fingerprint density at radius 3 is 2.94 bits per heavy atom. The largest absolute Gasteiger partial charge is 0.457 e. The molecule has 0 spiro atoms. The number of hydrogen-bond donors (Lipinski definition) is 0. The average molecular weight is 228 g/mol. The van der Waals surface area contributed by atoms with Crippen LogP contribution < -0.4 is 10.4 Å². The summed E-state index contributed by atoms with van der Waals surface area (Å²) in [6, 6.07) is 8.93. The summed E-state index contributed by atoms with van der Waals surface area (Å²) in [5.41, 5.74) is 0.902. The standard InChI is InChI=1S/C14H12O3/c1-10(2)7-8-16-13-9-11-5-3-4-6-12(11)17-14(13)15/h3-9H,1H2,2H3. The maximum absolute atomic E-state index is 11.6. The molecule has 0 radical (unpaired) electrons. The monoisotopic (exact) mass is 228 g/mol. The van der Waals surface area contributed by atoms with Gasteiger partial charge in [-0.05, 0) is 25.1 Å². The van der Waals surface area contributed by atoms with Gasteiger partial charge >= 0.3 is 5.63 Å². The highest BCUT2D eigenvalue weighted by Crippen LogP contribution is 2.16. The first-order valence-electron chi connectivity index (χ1n) is 5.18. The fourth-order valence-corrected chi connectivity index (χ4v) is 1.35. The van der Waals surface area contributed by atoms with E-state index in [1.165, 1.54) is 6.26 Å². The molecule has 0 aliphatic carbocycles. The van der Waals surface area contributed by atoms with Crippen LogP contribution in [0.4, 0.5) is 0 Å². The van der Waals surface area contributed by atoms with E-state index in [4.69, 9.17) is 9.15 Å². The fraction of sp³-hybridized carbons (Fsp3) is 0.0714. The smallest absolute Gasteiger partial charge is 0.379 e. The third-order valence-electron chi connectivity index (χ3n) is 2.16. The third kappa shape index (κ3) is 2.64. The number of hydrogen-bond acceptors (Lipinski definition) is 3. The minimum absolute atomic E-state index is 0.168. The van der Waals surface area contributed by atoms with E-state index in [1.807, 2.05) is 25.1 Å². The Hall–Kier alpha value is -2.29. The van der Waals surface area contributed by atoms with Crippen molar-refractivity contribution in [3.63, 3.8) is 0 Å². The zero-order chi connectivity index (χ0) is 12.3. The molecule has 0 saturated heterocycles. The van der Waals surface area contributed by atoms with Crippen LogP contribution in [0.15, 0.2) is 64.0 Å². The number of rotatable bonds is 3. The molecule has 0 fully saturated rings. The normalized spacial score (nSPS) is 10.9. The van der Waals surface area contributed by atoms with E-state index in [2.05, 4.69) is 6.58 Å². The van der Waals surface area contributed by atoms with Gasteiger partial charge in [0.1, 0.15) is 5.58 Å². The molecular weight excluding hydrogens is 216 g/mol. The molecule has 2 aromatic rings. The molecule has 1 heterocycles. The lowest BCUT2D eigenvalue weighted by atomic mass is 10.2. The molecule has 0 aliphatic heterocycles. The van der Waals surface area contributed by atoms with Gasteiger partial charge in [-0.15, -0.1) is 0 Å². The van der Waals surface area contributed by atoms with Gasteiger partial charge in [0, 0.05) is 5.39 Å². The second kappa shape index (κ2) is 4.70. The van der Waals surface area contributed by atoms with Crippen LogP contribution in [0.2, 0.25) is 0 Å². The molecule has 0 unspecified atom stereocenters. The van der Waals surface area contributed by atoms with Gasteiger partial charge in [0.15, 0.2) is 0 Å². The van der Waals surface area contributed by atoms with Crippen LogP contribution >= 0.6 is 0 Å². The second-order valence-corrected chi connectivity index (χ2v) is 3.70. The van der Waals surface area contributed by atoms with Crippen molar-refractivity contribution in [2.75, 3.05) is 0 Å². The van der Waals surface area contributed by atoms with Gasteiger partial charge in [-0.1, -0.05) is 30.4 Å². The van der Waals surface area contributed by atoms with Crippen LogP contribution in [-0.4, -0.2) is 0 Å². The summed E-state index contributed by atoms with van der Waals surface area (Å²) in [6.45, 7) is 5.53. The number of allylic oxidation sites excluding steroid dienone is 2. The first-order valence-corrected chi connectivity index (χ1v) is 5.18. The molecule has 0 N–H and O–H groups in total. The predicted molar refractivity (Wildman–Crippen MR) is 67.1 cm³/mol. The van der Waals surface area contributed by atoms with E-state index >= 15 is 0 Å². The molecule has 86 valence electrons. The van der Waals surface area contributed by atoms with E-state index in [0.717, 1.165) is 11.0 Å². The van der Waals surface area contributed by atoms with Crippen LogP contribution in [0.1, 0.15) is 6.92 Å². The summed E-state index contributed by atoms with van der Waals surface area (Å²) in [6.07, 6.45) is 3.10. The summed E-state index contributed by atoms with van der Waals surface area (Å²) in [4.78, 5) is 11.6. The quantitative estimate of drug-likeness (QED) is 0.460. The van der Waals surface area contributed by atoms with E-state index < -0.39 is 5.63 Å². The maximum atomic E-state index is 11.6. The summed E-state index contributed by atoms with van der Waals surface area (Å²) in [5.74, 6) is 0.168. The van der Waals surface area contributed by atoms with Crippen molar-refractivity contribution in [1.82, 2.24) is 0 Å². The molecule has 3 heteroatoms. The first kappa shape index (κ1) is 11.2. The molecular formula is C14H12O3. The fourth-order valence-electron chi connectivity index (χ4n) is 1.35. The Morgan fingerprint density at radius 2 is 2.18 bits per heavy atom. The third-order valence-corrected chi connectivity index (χ3v) is 2.16. The topological polar surface area (TPSA) is 39.4 Å². The van der Waals surface area contributed by atoms with Gasteiger partial charge in [0.2, 0.25) is 5.75 Å². The van der Waals surface area contributed by atoms with Gasteiger partial charge in [-0.25, -0.2) is 4.79 Å². The van der Waals surface area contributed by atoms with Gasteiger partial charge in [0.05, 0.1) is 6.26 Å². The molecule has 2 rings (SSSR count). The molecule has 3 nitrogen and oxygen atoms in total. The molecule has 1 aromatic heterocycles. The van der Waals surface area contributed by atoms with Crippen molar-refractivity contribution in [3.05, 3.63) is 65.2 Å². The number of benzene rings is 1. The zero-order valence-electron chi connectivity index (χ0n) is 9.47. The lowest BCUT2D eigenvalue weighted by molar-refractivity contribution is 0.436. The van der Waals surface area contributed by atoms with Crippen LogP contribution in [-0.2, 0) is 0 Å². The molecule has 0 atom stereocenters. The van der Waals surface area contributed by atoms with Crippen molar-refractivity contribution < 1.29 is 9.15 Å². The number of ether oxygens (including phenoxy) is 1. The first-order chi connectivity index (χ1) is 8.16. The number of para-hydroxylation sites is 1. The minimum Gasteiger partial charge on any atom is -0.457 e. The molecule has 0 bridgehead atoms. The van der Waals surface area contributed by atoms with Gasteiger partial charge in [0.25, 0.3) is 0 Å². The summed E-state index contributed by atoms with van der Waals surface area (Å²) < 4.78 is 10.3. The Bertz CT molecular complexity index is 635. The Balaban J connectivity index is 2.38. The lowest BCUT2D eigenvalue weighted by Gasteiger charge is -2.00. The highest BCUT2D eigenvalue weighted by molar-refractivity contribution is 5.77. The Labute approximate surface area is 98.6 Å². The van der Waals surface area contributed by atoms with E-state index in [9.17, 15) is 4.79 Å². The predicted octanol–water partition coefficient (Wildman–Crippen LogP) is 3.26. The van der Waals surface area contributed by atoms with Crippen molar-refractivity contribution in [3.8, 4) is 5.75 Å². The van der Waals surface area contributed by atoms with Crippen LogP contribution in [0.25, 0.3) is 11.0 Å². The number of fused-ring (bicyclic) bond motifs is 1. The molecule has 0 amide bonds. The average Bonchev–Trinajstić information content (AvgIpc) is 2.29. The van der Waals surface area contributed by atoms with E-state index in [-0.39, 0.29) is 5.75 Å². The highest BCUT2D eigenvalue weighted by Gasteiger charge is 2.04. The molecule has 17 heavy (non-hydrogen) atoms. The van der Waals surface area contributed by atoms with Crippen molar-refractivity contribution >= 4 is 11.0 Å². The van der Waals surface area contributed by atoms with Crippen LogP contribution in [0, 0.1) is 0 Å². The summed E-state index contributed by atoms with van der Waals surface area (Å²) in [7, 11) is 0. The van der Waals surface area contributed by atoms with Gasteiger partial charge in [-0.2, -0.15) is 0 Å². The summed E-state index contributed by atoms with van der Waals surface area (Å²) in [5, 5.41) is 0.825. The van der Waals surface area contributed by atoms with Crippen molar-refractivity contribution in [2.24, 2.45) is 0 Å². The minimum atomic E-state index is -0.491. The SMILES string of the molecule is C=C(C)C=COc1cc2ccccc2oc1=O. The lowest BCUT2D eigenvalue weighted by Crippen LogP contribution is -2.02. The van der Waals surface area contributed by atoms with E-state index in [0.29, 0.717) is 5.58 Å². The van der Waals surface area contributed by atoms with Crippen molar-refractivity contribution in [1.29, 1.82) is 0 Å². The van der Waals surface area contributed by atoms with Crippen molar-refractivity contribution in [2.45, 2.75) is 6.92 Å².